The number of aryl methyl sites for hydroxylation is 1. The molecule has 5 heteroatoms. The van der Waals surface area contributed by atoms with Gasteiger partial charge in [-0.3, -0.25) is 4.79 Å². The lowest BCUT2D eigenvalue weighted by molar-refractivity contribution is 0.102. The second kappa shape index (κ2) is 7.94. The molecule has 0 radical (unpaired) electrons. The van der Waals surface area contributed by atoms with Crippen LogP contribution in [0, 0.1) is 6.92 Å². The van der Waals surface area contributed by atoms with Gasteiger partial charge in [0, 0.05) is 15.7 Å². The van der Waals surface area contributed by atoms with E-state index in [-0.39, 0.29) is 5.91 Å². The van der Waals surface area contributed by atoms with E-state index in [9.17, 15) is 4.79 Å². The van der Waals surface area contributed by atoms with Crippen LogP contribution in [-0.2, 0) is 6.61 Å². The Bertz CT molecular complexity index is 862. The summed E-state index contributed by atoms with van der Waals surface area (Å²) in [5.41, 5.74) is 2.43. The van der Waals surface area contributed by atoms with Crippen molar-refractivity contribution in [2.24, 2.45) is 0 Å². The maximum Gasteiger partial charge on any atom is 0.256 e. The van der Waals surface area contributed by atoms with Crippen molar-refractivity contribution >= 4 is 27.7 Å². The largest absolute Gasteiger partial charge is 0.489 e. The van der Waals surface area contributed by atoms with E-state index in [0.717, 1.165) is 21.5 Å². The van der Waals surface area contributed by atoms with Crippen LogP contribution in [0.15, 0.2) is 71.2 Å². The standard InChI is InChI=1S/C20H17BrN2O2/c1-14-3-2-4-19(22-14)23-20(24)16-7-5-15(6-8-16)13-25-18-11-9-17(21)10-12-18/h2-12H,13H2,1H3,(H,22,23,24). The molecule has 0 fully saturated rings. The van der Waals surface area contributed by atoms with Crippen molar-refractivity contribution in [1.29, 1.82) is 0 Å². The number of carbonyl (C=O) groups excluding carboxylic acids is 1. The average Bonchev–Trinajstić information content (AvgIpc) is 2.62. The predicted octanol–water partition coefficient (Wildman–Crippen LogP) is 4.98. The second-order valence-corrected chi connectivity index (χ2v) is 6.47. The van der Waals surface area contributed by atoms with E-state index in [0.29, 0.717) is 18.0 Å². The quantitative estimate of drug-likeness (QED) is 0.661. The van der Waals surface area contributed by atoms with Crippen molar-refractivity contribution in [2.45, 2.75) is 13.5 Å². The zero-order valence-corrected chi connectivity index (χ0v) is 15.3. The number of hydrogen-bond acceptors (Lipinski definition) is 3. The number of ether oxygens (including phenoxy) is 1. The summed E-state index contributed by atoms with van der Waals surface area (Å²) in [5, 5.41) is 2.80. The lowest BCUT2D eigenvalue weighted by atomic mass is 10.1. The van der Waals surface area contributed by atoms with Crippen molar-refractivity contribution in [2.75, 3.05) is 5.32 Å². The van der Waals surface area contributed by atoms with Gasteiger partial charge < -0.3 is 10.1 Å². The number of pyridine rings is 1. The van der Waals surface area contributed by atoms with Gasteiger partial charge in [-0.05, 0) is 61.0 Å². The minimum Gasteiger partial charge on any atom is -0.489 e. The summed E-state index contributed by atoms with van der Waals surface area (Å²) in [6.45, 7) is 2.33. The number of nitrogens with one attached hydrogen (secondary N) is 1. The molecular formula is C20H17BrN2O2. The maximum atomic E-state index is 12.3. The monoisotopic (exact) mass is 396 g/mol. The van der Waals surface area contributed by atoms with Crippen molar-refractivity contribution < 1.29 is 9.53 Å². The molecular weight excluding hydrogens is 380 g/mol. The van der Waals surface area contributed by atoms with Gasteiger partial charge in [0.1, 0.15) is 18.2 Å². The Morgan fingerprint density at radius 2 is 1.76 bits per heavy atom. The third kappa shape index (κ3) is 4.90. The molecule has 0 spiro atoms. The summed E-state index contributed by atoms with van der Waals surface area (Å²) in [7, 11) is 0. The van der Waals surface area contributed by atoms with Crippen molar-refractivity contribution in [3.8, 4) is 5.75 Å². The van der Waals surface area contributed by atoms with E-state index in [1.54, 1.807) is 18.2 Å². The number of benzene rings is 2. The molecule has 0 aliphatic heterocycles. The van der Waals surface area contributed by atoms with E-state index >= 15 is 0 Å². The number of anilines is 1. The molecule has 1 amide bonds. The summed E-state index contributed by atoms with van der Waals surface area (Å²) in [6.07, 6.45) is 0. The topological polar surface area (TPSA) is 51.2 Å². The minimum atomic E-state index is -0.182. The number of nitrogens with zero attached hydrogens (tertiary/aromatic N) is 1. The molecule has 1 aromatic heterocycles. The normalized spacial score (nSPS) is 10.3. The molecule has 0 saturated heterocycles. The van der Waals surface area contributed by atoms with Gasteiger partial charge in [-0.1, -0.05) is 34.1 Å². The summed E-state index contributed by atoms with van der Waals surface area (Å²) in [6, 6.07) is 20.5. The zero-order valence-electron chi connectivity index (χ0n) is 13.7. The van der Waals surface area contributed by atoms with Gasteiger partial charge in [0.15, 0.2) is 0 Å². The number of carbonyl (C=O) groups is 1. The second-order valence-electron chi connectivity index (χ2n) is 5.56. The lowest BCUT2D eigenvalue weighted by Gasteiger charge is -2.08. The summed E-state index contributed by atoms with van der Waals surface area (Å²) in [4.78, 5) is 16.5. The van der Waals surface area contributed by atoms with Crippen LogP contribution in [-0.4, -0.2) is 10.9 Å². The predicted molar refractivity (Wildman–Crippen MR) is 102 cm³/mol. The third-order valence-corrected chi connectivity index (χ3v) is 4.09. The van der Waals surface area contributed by atoms with Crippen LogP contribution in [0.25, 0.3) is 0 Å². The van der Waals surface area contributed by atoms with Crippen molar-refractivity contribution in [1.82, 2.24) is 4.98 Å². The molecule has 2 aromatic carbocycles. The van der Waals surface area contributed by atoms with Crippen LogP contribution >= 0.6 is 15.9 Å². The molecule has 0 aliphatic rings. The highest BCUT2D eigenvalue weighted by Gasteiger charge is 2.07. The van der Waals surface area contributed by atoms with Gasteiger partial charge in [0.25, 0.3) is 5.91 Å². The highest BCUT2D eigenvalue weighted by atomic mass is 79.9. The third-order valence-electron chi connectivity index (χ3n) is 3.57. The number of hydrogen-bond donors (Lipinski definition) is 1. The maximum absolute atomic E-state index is 12.3. The molecule has 126 valence electrons. The van der Waals surface area contributed by atoms with E-state index in [2.05, 4.69) is 26.2 Å². The van der Waals surface area contributed by atoms with E-state index in [1.165, 1.54) is 0 Å². The first-order valence-electron chi connectivity index (χ1n) is 7.82. The molecule has 3 aromatic rings. The first kappa shape index (κ1) is 17.2. The summed E-state index contributed by atoms with van der Waals surface area (Å²) in [5.74, 6) is 1.17. The number of rotatable bonds is 5. The Balaban J connectivity index is 1.59. The van der Waals surface area contributed by atoms with Crippen LogP contribution in [0.3, 0.4) is 0 Å². The van der Waals surface area contributed by atoms with E-state index < -0.39 is 0 Å². The molecule has 0 atom stereocenters. The summed E-state index contributed by atoms with van der Waals surface area (Å²) >= 11 is 3.39. The molecule has 1 heterocycles. The van der Waals surface area contributed by atoms with Gasteiger partial charge in [-0.25, -0.2) is 4.98 Å². The Morgan fingerprint density at radius 3 is 2.44 bits per heavy atom. The van der Waals surface area contributed by atoms with Gasteiger partial charge >= 0.3 is 0 Å². The Kier molecular flexibility index (Phi) is 5.46. The van der Waals surface area contributed by atoms with E-state index in [4.69, 9.17) is 4.74 Å². The average molecular weight is 397 g/mol. The molecule has 0 aliphatic carbocycles. The molecule has 1 N–H and O–H groups in total. The van der Waals surface area contributed by atoms with Crippen LogP contribution in [0.5, 0.6) is 5.75 Å². The fourth-order valence-corrected chi connectivity index (χ4v) is 2.52. The van der Waals surface area contributed by atoms with Gasteiger partial charge in [0.2, 0.25) is 0 Å². The fourth-order valence-electron chi connectivity index (χ4n) is 2.25. The van der Waals surface area contributed by atoms with Gasteiger partial charge in [-0.15, -0.1) is 0 Å². The van der Waals surface area contributed by atoms with Crippen LogP contribution in [0.2, 0.25) is 0 Å². The van der Waals surface area contributed by atoms with Crippen molar-refractivity contribution in [3.05, 3.63) is 88.0 Å². The first-order chi connectivity index (χ1) is 12.1. The highest BCUT2D eigenvalue weighted by Crippen LogP contribution is 2.17. The Labute approximate surface area is 155 Å². The number of halogens is 1. The number of amides is 1. The first-order valence-corrected chi connectivity index (χ1v) is 8.62. The van der Waals surface area contributed by atoms with Crippen molar-refractivity contribution in [3.63, 3.8) is 0 Å². The molecule has 25 heavy (non-hydrogen) atoms. The zero-order chi connectivity index (χ0) is 17.6. The van der Waals surface area contributed by atoms with Crippen LogP contribution in [0.1, 0.15) is 21.6 Å². The molecule has 0 bridgehead atoms. The molecule has 0 unspecified atom stereocenters. The van der Waals surface area contributed by atoms with Crippen LogP contribution in [0.4, 0.5) is 5.82 Å². The Morgan fingerprint density at radius 1 is 1.04 bits per heavy atom. The van der Waals surface area contributed by atoms with E-state index in [1.807, 2.05) is 55.5 Å². The Hall–Kier alpha value is -2.66. The molecule has 3 rings (SSSR count). The van der Waals surface area contributed by atoms with Crippen LogP contribution < -0.4 is 10.1 Å². The lowest BCUT2D eigenvalue weighted by Crippen LogP contribution is -2.13. The van der Waals surface area contributed by atoms with Gasteiger partial charge in [-0.2, -0.15) is 0 Å². The minimum absolute atomic E-state index is 0.182. The molecule has 0 saturated carbocycles. The molecule has 4 nitrogen and oxygen atoms in total. The van der Waals surface area contributed by atoms with Gasteiger partial charge in [0.05, 0.1) is 0 Å². The number of aromatic nitrogens is 1. The fraction of sp³-hybridized carbons (Fsp3) is 0.100. The smallest absolute Gasteiger partial charge is 0.256 e. The summed E-state index contributed by atoms with van der Waals surface area (Å²) < 4.78 is 6.74. The highest BCUT2D eigenvalue weighted by molar-refractivity contribution is 9.10. The SMILES string of the molecule is Cc1cccc(NC(=O)c2ccc(COc3ccc(Br)cc3)cc2)n1.